The molecule has 2 atom stereocenters. The number of hydrogen-bond acceptors (Lipinski definition) is 10. The molecule has 2 bridgehead atoms. The van der Waals surface area contributed by atoms with Crippen LogP contribution < -0.4 is 0 Å². The lowest BCUT2D eigenvalue weighted by Gasteiger charge is -2.53. The summed E-state index contributed by atoms with van der Waals surface area (Å²) in [6.45, 7) is 3.20. The molecule has 1 aromatic rings. The molecule has 0 aliphatic carbocycles. The summed E-state index contributed by atoms with van der Waals surface area (Å²) in [6.07, 6.45) is 2.16. The number of ether oxygens (including phenoxy) is 2. The van der Waals surface area contributed by atoms with Crippen LogP contribution in [0.4, 0.5) is 0 Å². The number of carbonyl (C=O) groups excluding carboxylic acids is 2. The number of fused-ring (bicyclic) bond motifs is 2. The fraction of sp³-hybridized carbons (Fsp3) is 0.733. The van der Waals surface area contributed by atoms with Crippen LogP contribution in [0.1, 0.15) is 37.8 Å². The molecule has 0 aromatic carbocycles. The van der Waals surface area contributed by atoms with Crippen molar-refractivity contribution in [3.63, 3.8) is 0 Å². The van der Waals surface area contributed by atoms with Crippen LogP contribution in [-0.4, -0.2) is 61.5 Å². The molecule has 4 aliphatic rings. The van der Waals surface area contributed by atoms with E-state index >= 15 is 0 Å². The van der Waals surface area contributed by atoms with Crippen LogP contribution in [0.15, 0.2) is 5.03 Å². The molecule has 1 spiro atoms. The van der Waals surface area contributed by atoms with Crippen LogP contribution in [0.5, 0.6) is 0 Å². The van der Waals surface area contributed by atoms with Crippen LogP contribution in [-0.2, 0) is 19.1 Å². The molecule has 0 saturated carbocycles. The number of carbonyl (C=O) groups is 2. The standard InChI is InChI=1S/C15H19N3O5S2/c1-8(19)4-7-24-12-11(16-25-17-12)10-9-2-5-18(6-3-9)15(10)22-13(20)14(21)23-15/h8-10,19H,2-7H2,1H3. The summed E-state index contributed by atoms with van der Waals surface area (Å²) in [5.41, 5.74) is 0.734. The third kappa shape index (κ3) is 2.84. The molecule has 5 heterocycles. The molecular formula is C15H19N3O5S2. The number of rotatable bonds is 5. The monoisotopic (exact) mass is 385 g/mol. The van der Waals surface area contributed by atoms with Gasteiger partial charge in [0.15, 0.2) is 0 Å². The van der Waals surface area contributed by atoms with Gasteiger partial charge >= 0.3 is 17.8 Å². The molecule has 8 nitrogen and oxygen atoms in total. The van der Waals surface area contributed by atoms with E-state index in [0.717, 1.165) is 48.4 Å². The van der Waals surface area contributed by atoms with Gasteiger partial charge < -0.3 is 14.6 Å². The van der Waals surface area contributed by atoms with Gasteiger partial charge in [0.05, 0.1) is 17.8 Å². The van der Waals surface area contributed by atoms with E-state index in [1.807, 2.05) is 4.90 Å². The van der Waals surface area contributed by atoms with Gasteiger partial charge in [-0.15, -0.1) is 11.8 Å². The van der Waals surface area contributed by atoms with Gasteiger partial charge in [-0.3, -0.25) is 0 Å². The maximum atomic E-state index is 11.8. The first-order valence-electron chi connectivity index (χ1n) is 8.36. The molecule has 2 unspecified atom stereocenters. The van der Waals surface area contributed by atoms with Crippen LogP contribution >= 0.6 is 23.5 Å². The third-order valence-electron chi connectivity index (χ3n) is 5.04. The number of aliphatic hydroxyl groups is 1. The Kier molecular flexibility index (Phi) is 4.47. The fourth-order valence-electron chi connectivity index (χ4n) is 3.86. The molecule has 1 aromatic heterocycles. The van der Waals surface area contributed by atoms with E-state index < -0.39 is 17.8 Å². The average molecular weight is 385 g/mol. The van der Waals surface area contributed by atoms with Crippen molar-refractivity contribution >= 4 is 35.4 Å². The highest BCUT2D eigenvalue weighted by Gasteiger charge is 2.65. The van der Waals surface area contributed by atoms with Crippen molar-refractivity contribution in [2.24, 2.45) is 5.92 Å². The number of hydrogen-bond donors (Lipinski definition) is 1. The fourth-order valence-corrected chi connectivity index (χ4v) is 5.70. The van der Waals surface area contributed by atoms with Crippen molar-refractivity contribution in [2.75, 3.05) is 18.8 Å². The second-order valence-electron chi connectivity index (χ2n) is 6.65. The maximum Gasteiger partial charge on any atom is 0.421 e. The Labute approximate surface area is 153 Å². The van der Waals surface area contributed by atoms with Gasteiger partial charge in [0.25, 0.3) is 0 Å². The molecule has 5 rings (SSSR count). The van der Waals surface area contributed by atoms with Gasteiger partial charge in [-0.25, -0.2) is 14.5 Å². The first-order chi connectivity index (χ1) is 12.0. The summed E-state index contributed by atoms with van der Waals surface area (Å²) in [5.74, 6) is -2.64. The van der Waals surface area contributed by atoms with E-state index in [9.17, 15) is 14.7 Å². The highest BCUT2D eigenvalue weighted by atomic mass is 32.2. The highest BCUT2D eigenvalue weighted by molar-refractivity contribution is 7.99. The van der Waals surface area contributed by atoms with Crippen LogP contribution in [0.25, 0.3) is 0 Å². The van der Waals surface area contributed by atoms with Gasteiger partial charge in [0.2, 0.25) is 0 Å². The Morgan fingerprint density at radius 2 is 2.00 bits per heavy atom. The summed E-state index contributed by atoms with van der Waals surface area (Å²) < 4.78 is 19.8. The van der Waals surface area contributed by atoms with Gasteiger partial charge in [0, 0.05) is 18.8 Å². The largest absolute Gasteiger partial charge is 0.421 e. The second-order valence-corrected chi connectivity index (χ2v) is 8.26. The van der Waals surface area contributed by atoms with Crippen molar-refractivity contribution in [1.29, 1.82) is 0 Å². The van der Waals surface area contributed by atoms with Crippen molar-refractivity contribution in [3.05, 3.63) is 5.69 Å². The van der Waals surface area contributed by atoms with E-state index in [2.05, 4.69) is 8.75 Å². The summed E-state index contributed by atoms with van der Waals surface area (Å²) in [6, 6.07) is 0. The predicted molar refractivity (Wildman–Crippen MR) is 88.9 cm³/mol. The number of esters is 2. The van der Waals surface area contributed by atoms with Crippen LogP contribution in [0.2, 0.25) is 0 Å². The molecule has 1 N–H and O–H groups in total. The summed E-state index contributed by atoms with van der Waals surface area (Å²) >= 11 is 2.63. The second kappa shape index (κ2) is 6.49. The molecule has 136 valence electrons. The average Bonchev–Trinajstić information content (AvgIpc) is 3.14. The lowest BCUT2D eigenvalue weighted by molar-refractivity contribution is -0.300. The summed E-state index contributed by atoms with van der Waals surface area (Å²) in [7, 11) is 0. The molecule has 10 heteroatoms. The zero-order valence-electron chi connectivity index (χ0n) is 13.7. The molecule has 0 amide bonds. The van der Waals surface area contributed by atoms with Crippen LogP contribution in [0, 0.1) is 5.92 Å². The Bertz CT molecular complexity index is 670. The van der Waals surface area contributed by atoms with E-state index in [1.165, 1.54) is 11.8 Å². The molecule has 4 saturated heterocycles. The predicted octanol–water partition coefficient (Wildman–Crippen LogP) is 0.964. The third-order valence-corrected chi connectivity index (χ3v) is 6.71. The molecule has 4 fully saturated rings. The first-order valence-corrected chi connectivity index (χ1v) is 10.1. The summed E-state index contributed by atoms with van der Waals surface area (Å²) in [5, 5.41) is 10.2. The Hall–Kier alpha value is -1.23. The molecule has 25 heavy (non-hydrogen) atoms. The molecule has 0 radical (unpaired) electrons. The van der Waals surface area contributed by atoms with E-state index in [4.69, 9.17) is 9.47 Å². The Morgan fingerprint density at radius 1 is 1.32 bits per heavy atom. The minimum atomic E-state index is -1.37. The molecular weight excluding hydrogens is 366 g/mol. The van der Waals surface area contributed by atoms with Crippen molar-refractivity contribution < 1.29 is 24.2 Å². The van der Waals surface area contributed by atoms with Gasteiger partial charge in [-0.2, -0.15) is 8.75 Å². The van der Waals surface area contributed by atoms with E-state index in [0.29, 0.717) is 12.2 Å². The number of aromatic nitrogens is 2. The first kappa shape index (κ1) is 17.2. The lowest BCUT2D eigenvalue weighted by Crippen LogP contribution is -2.64. The van der Waals surface area contributed by atoms with Crippen molar-refractivity contribution in [1.82, 2.24) is 13.6 Å². The van der Waals surface area contributed by atoms with Crippen LogP contribution in [0.3, 0.4) is 0 Å². The number of nitrogens with zero attached hydrogens (tertiary/aromatic N) is 3. The Balaban J connectivity index is 1.65. The Morgan fingerprint density at radius 3 is 2.64 bits per heavy atom. The summed E-state index contributed by atoms with van der Waals surface area (Å²) in [4.78, 5) is 25.5. The van der Waals surface area contributed by atoms with E-state index in [1.54, 1.807) is 6.92 Å². The zero-order chi connectivity index (χ0) is 17.6. The van der Waals surface area contributed by atoms with E-state index in [-0.39, 0.29) is 17.9 Å². The minimum absolute atomic E-state index is 0.226. The normalized spacial score (nSPS) is 31.2. The lowest BCUT2D eigenvalue weighted by atomic mass is 9.74. The smallest absolute Gasteiger partial charge is 0.399 e. The number of aliphatic hydroxyl groups excluding tert-OH is 1. The minimum Gasteiger partial charge on any atom is -0.399 e. The SMILES string of the molecule is CC(O)CCSc1nsnc1C1C2CCN(CC2)C12OC(=O)C(=O)O2. The molecule has 4 aliphatic heterocycles. The van der Waals surface area contributed by atoms with Crippen molar-refractivity contribution in [3.8, 4) is 0 Å². The zero-order valence-corrected chi connectivity index (χ0v) is 15.3. The van der Waals surface area contributed by atoms with Gasteiger partial charge in [-0.1, -0.05) is 0 Å². The van der Waals surface area contributed by atoms with Gasteiger partial charge in [0.1, 0.15) is 16.6 Å². The maximum absolute atomic E-state index is 11.8. The number of thioether (sulfide) groups is 1. The quantitative estimate of drug-likeness (QED) is 0.451. The number of piperidine rings is 3. The van der Waals surface area contributed by atoms with Crippen molar-refractivity contribution in [2.45, 2.75) is 49.1 Å². The highest BCUT2D eigenvalue weighted by Crippen LogP contribution is 2.53. The van der Waals surface area contributed by atoms with Gasteiger partial charge in [-0.05, 0) is 32.1 Å². The topological polar surface area (TPSA) is 102 Å².